The summed E-state index contributed by atoms with van der Waals surface area (Å²) in [5.74, 6) is -0.590. The first kappa shape index (κ1) is 53.0. The smallest absolute Gasteiger partial charge is 0.249 e. The van der Waals surface area contributed by atoms with E-state index in [4.69, 9.17) is 0 Å². The zero-order valence-electron chi connectivity index (χ0n) is 36.2. The summed E-state index contributed by atoms with van der Waals surface area (Å²) >= 11 is 0. The van der Waals surface area contributed by atoms with Gasteiger partial charge in [-0.1, -0.05) is 231 Å². The molecule has 0 heterocycles. The summed E-state index contributed by atoms with van der Waals surface area (Å²) in [5.41, 5.74) is 0. The number of aliphatic hydroxyl groups is 4. The number of rotatable bonds is 44. The lowest BCUT2D eigenvalue weighted by atomic mass is 9.99. The highest BCUT2D eigenvalue weighted by atomic mass is 16.3. The Morgan fingerprint density at radius 2 is 0.741 bits per heavy atom. The van der Waals surface area contributed by atoms with Crippen molar-refractivity contribution in [2.24, 2.45) is 0 Å². The molecule has 0 aliphatic rings. The van der Waals surface area contributed by atoms with E-state index in [1.807, 2.05) is 0 Å². The molecule has 0 aromatic carbocycles. The maximum atomic E-state index is 12.5. The van der Waals surface area contributed by atoms with E-state index in [2.05, 4.69) is 31.3 Å². The van der Waals surface area contributed by atoms with Crippen LogP contribution in [0.1, 0.15) is 258 Å². The molecule has 0 bridgehead atoms. The molecule has 5 N–H and O–H groups in total. The second kappa shape index (κ2) is 43.2. The van der Waals surface area contributed by atoms with Gasteiger partial charge in [0.2, 0.25) is 5.91 Å². The van der Waals surface area contributed by atoms with E-state index in [0.717, 1.165) is 51.4 Å². The molecule has 0 aliphatic carbocycles. The van der Waals surface area contributed by atoms with Gasteiger partial charge < -0.3 is 25.7 Å². The van der Waals surface area contributed by atoms with Gasteiger partial charge in [0, 0.05) is 0 Å². The molecule has 6 heteroatoms. The lowest BCUT2D eigenvalue weighted by molar-refractivity contribution is -0.132. The largest absolute Gasteiger partial charge is 0.394 e. The van der Waals surface area contributed by atoms with Crippen molar-refractivity contribution in [2.45, 2.75) is 282 Å². The van der Waals surface area contributed by atoms with Crippen molar-refractivity contribution >= 4 is 5.91 Å². The van der Waals surface area contributed by atoms with E-state index in [-0.39, 0.29) is 0 Å². The third-order valence-corrected chi connectivity index (χ3v) is 11.5. The molecule has 0 radical (unpaired) electrons. The van der Waals surface area contributed by atoms with Gasteiger partial charge in [0.1, 0.15) is 12.2 Å². The van der Waals surface area contributed by atoms with Crippen LogP contribution in [0.25, 0.3) is 0 Å². The monoisotopic (exact) mass is 766 g/mol. The number of amides is 1. The lowest BCUT2D eigenvalue weighted by Crippen LogP contribution is -2.53. The van der Waals surface area contributed by atoms with E-state index < -0.39 is 36.9 Å². The molecule has 0 rings (SSSR count). The van der Waals surface area contributed by atoms with Gasteiger partial charge in [-0.2, -0.15) is 0 Å². The summed E-state index contributed by atoms with van der Waals surface area (Å²) in [6.07, 6.45) is 48.2. The van der Waals surface area contributed by atoms with Crippen LogP contribution < -0.4 is 5.32 Å². The minimum Gasteiger partial charge on any atom is -0.394 e. The Morgan fingerprint density at radius 1 is 0.444 bits per heavy atom. The molecule has 0 aromatic rings. The van der Waals surface area contributed by atoms with Crippen LogP contribution in [0, 0.1) is 0 Å². The quantitative estimate of drug-likeness (QED) is 0.0313. The first-order chi connectivity index (χ1) is 26.5. The van der Waals surface area contributed by atoms with Crippen LogP contribution in [0.3, 0.4) is 0 Å². The number of hydrogen-bond donors (Lipinski definition) is 5. The van der Waals surface area contributed by atoms with E-state index in [1.165, 1.54) is 180 Å². The van der Waals surface area contributed by atoms with Crippen LogP contribution in [0.15, 0.2) is 12.2 Å². The summed E-state index contributed by atoms with van der Waals surface area (Å²) in [4.78, 5) is 12.5. The maximum absolute atomic E-state index is 12.5. The third-order valence-electron chi connectivity index (χ3n) is 11.5. The van der Waals surface area contributed by atoms with Crippen LogP contribution >= 0.6 is 0 Å². The maximum Gasteiger partial charge on any atom is 0.249 e. The minimum atomic E-state index is -1.26. The Morgan fingerprint density at radius 3 is 1.07 bits per heavy atom. The molecule has 6 nitrogen and oxygen atoms in total. The molecule has 0 saturated carbocycles. The van der Waals surface area contributed by atoms with Gasteiger partial charge in [0.05, 0.1) is 18.8 Å². The van der Waals surface area contributed by atoms with Gasteiger partial charge in [-0.05, 0) is 38.5 Å². The molecule has 1 amide bonds. The highest BCUT2D eigenvalue weighted by Crippen LogP contribution is 2.17. The van der Waals surface area contributed by atoms with Gasteiger partial charge in [0.15, 0.2) is 0 Å². The number of unbranched alkanes of at least 4 members (excludes halogenated alkanes) is 33. The molecule has 0 aliphatic heterocycles. The van der Waals surface area contributed by atoms with E-state index in [0.29, 0.717) is 12.8 Å². The molecular weight excluding hydrogens is 671 g/mol. The fraction of sp³-hybridized carbons (Fsp3) is 0.938. The van der Waals surface area contributed by atoms with Crippen molar-refractivity contribution in [1.29, 1.82) is 0 Å². The van der Waals surface area contributed by atoms with E-state index in [1.54, 1.807) is 0 Å². The first-order valence-corrected chi connectivity index (χ1v) is 24.1. The summed E-state index contributed by atoms with van der Waals surface area (Å²) in [5, 5.41) is 43.8. The molecule has 4 unspecified atom stereocenters. The van der Waals surface area contributed by atoms with Crippen LogP contribution in [0.4, 0.5) is 0 Å². The standard InChI is InChI=1S/C48H95NO5/c1-3-5-7-9-11-13-15-17-19-20-21-22-23-24-25-26-28-29-31-33-35-37-39-41-45(51)47(53)44(43-50)49-48(54)46(52)42-40-38-36-34-32-30-27-18-16-14-12-10-8-6-4-2/h27,30,44-47,50-53H,3-26,28-29,31-43H2,1-2H3,(H,49,54)/b30-27-. The van der Waals surface area contributed by atoms with Gasteiger partial charge in [-0.15, -0.1) is 0 Å². The molecular formula is C48H95NO5. The van der Waals surface area contributed by atoms with Crippen molar-refractivity contribution in [3.63, 3.8) is 0 Å². The fourth-order valence-corrected chi connectivity index (χ4v) is 7.64. The molecule has 0 saturated heterocycles. The van der Waals surface area contributed by atoms with Crippen LogP contribution in [0.5, 0.6) is 0 Å². The number of nitrogens with one attached hydrogen (secondary N) is 1. The Labute approximate surface area is 336 Å². The first-order valence-electron chi connectivity index (χ1n) is 24.1. The third kappa shape index (κ3) is 36.7. The summed E-state index contributed by atoms with van der Waals surface area (Å²) < 4.78 is 0. The predicted molar refractivity (Wildman–Crippen MR) is 233 cm³/mol. The van der Waals surface area contributed by atoms with Crippen molar-refractivity contribution in [1.82, 2.24) is 5.32 Å². The second-order valence-corrected chi connectivity index (χ2v) is 16.8. The SMILES string of the molecule is CCCCCCCCC/C=C\CCCCCCC(O)C(=O)NC(CO)C(O)C(O)CCCCCCCCCCCCCCCCCCCCCCCCC. The zero-order chi connectivity index (χ0) is 39.6. The number of aliphatic hydroxyl groups excluding tert-OH is 4. The average Bonchev–Trinajstić information content (AvgIpc) is 3.18. The van der Waals surface area contributed by atoms with Gasteiger partial charge in [-0.3, -0.25) is 4.79 Å². The summed E-state index contributed by atoms with van der Waals surface area (Å²) in [6, 6.07) is -0.987. The highest BCUT2D eigenvalue weighted by molar-refractivity contribution is 5.80. The van der Waals surface area contributed by atoms with Crippen molar-refractivity contribution in [3.05, 3.63) is 12.2 Å². The molecule has 0 spiro atoms. The molecule has 322 valence electrons. The second-order valence-electron chi connectivity index (χ2n) is 16.8. The van der Waals surface area contributed by atoms with Crippen LogP contribution in [-0.2, 0) is 4.79 Å². The predicted octanol–water partition coefficient (Wildman–Crippen LogP) is 13.0. The molecule has 4 atom stereocenters. The Balaban J connectivity index is 3.66. The molecule has 0 aromatic heterocycles. The number of carbonyl (C=O) groups excluding carboxylic acids is 1. The Hall–Kier alpha value is -0.950. The number of allylic oxidation sites excluding steroid dienone is 2. The van der Waals surface area contributed by atoms with Crippen molar-refractivity contribution < 1.29 is 25.2 Å². The average molecular weight is 766 g/mol. The van der Waals surface area contributed by atoms with Gasteiger partial charge in [-0.25, -0.2) is 0 Å². The van der Waals surface area contributed by atoms with E-state index >= 15 is 0 Å². The van der Waals surface area contributed by atoms with Crippen molar-refractivity contribution in [3.8, 4) is 0 Å². The van der Waals surface area contributed by atoms with Crippen molar-refractivity contribution in [2.75, 3.05) is 6.61 Å². The highest BCUT2D eigenvalue weighted by Gasteiger charge is 2.28. The minimum absolute atomic E-state index is 0.357. The number of hydrogen-bond acceptors (Lipinski definition) is 5. The van der Waals surface area contributed by atoms with Crippen LogP contribution in [-0.4, -0.2) is 57.3 Å². The van der Waals surface area contributed by atoms with Crippen LogP contribution in [0.2, 0.25) is 0 Å². The Kier molecular flexibility index (Phi) is 42.4. The lowest BCUT2D eigenvalue weighted by Gasteiger charge is -2.27. The summed E-state index contributed by atoms with van der Waals surface area (Å²) in [7, 11) is 0. The Bertz CT molecular complexity index is 776. The summed E-state index contributed by atoms with van der Waals surface area (Å²) in [6.45, 7) is 4.06. The van der Waals surface area contributed by atoms with E-state index in [9.17, 15) is 25.2 Å². The van der Waals surface area contributed by atoms with Gasteiger partial charge in [0.25, 0.3) is 0 Å². The zero-order valence-corrected chi connectivity index (χ0v) is 36.2. The number of carbonyl (C=O) groups is 1. The normalized spacial score (nSPS) is 14.1. The molecule has 0 fully saturated rings. The topological polar surface area (TPSA) is 110 Å². The molecule has 54 heavy (non-hydrogen) atoms. The van der Waals surface area contributed by atoms with Gasteiger partial charge >= 0.3 is 0 Å². The fourth-order valence-electron chi connectivity index (χ4n) is 7.64.